The minimum Gasteiger partial charge on any atom is -0.480 e. The van der Waals surface area contributed by atoms with Crippen LogP contribution in [0.2, 0.25) is 0 Å². The highest BCUT2D eigenvalue weighted by Gasteiger charge is 2.29. The number of hydrogen-bond donors (Lipinski definition) is 3. The highest BCUT2D eigenvalue weighted by Crippen LogP contribution is 2.23. The van der Waals surface area contributed by atoms with Gasteiger partial charge in [-0.3, -0.25) is 4.79 Å². The number of aliphatic carboxylic acids is 1. The Hall–Kier alpha value is -1.97. The van der Waals surface area contributed by atoms with Crippen LogP contribution in [-0.2, 0) is 19.6 Å². The van der Waals surface area contributed by atoms with Crippen LogP contribution in [0.15, 0.2) is 23.1 Å². The summed E-state index contributed by atoms with van der Waals surface area (Å²) in [4.78, 5) is 23.6. The maximum absolute atomic E-state index is 12.4. The summed E-state index contributed by atoms with van der Waals surface area (Å²) in [6.45, 7) is 1.83. The molecule has 2 rings (SSSR count). The fourth-order valence-corrected chi connectivity index (χ4v) is 3.56. The number of hydrogen-bond acceptors (Lipinski definition) is 5. The zero-order chi connectivity index (χ0) is 18.6. The second-order valence-corrected chi connectivity index (χ2v) is 7.73. The summed E-state index contributed by atoms with van der Waals surface area (Å²) < 4.78 is 32.0. The van der Waals surface area contributed by atoms with E-state index in [1.54, 1.807) is 6.92 Å². The van der Waals surface area contributed by atoms with Crippen LogP contribution in [0.3, 0.4) is 0 Å². The first-order valence-corrected chi connectivity index (χ1v) is 9.38. The molecule has 25 heavy (non-hydrogen) atoms. The Kier molecular flexibility index (Phi) is 6.15. The van der Waals surface area contributed by atoms with Crippen molar-refractivity contribution < 1.29 is 27.9 Å². The number of carbonyl (C=O) groups excluding carboxylic acids is 1. The zero-order valence-corrected chi connectivity index (χ0v) is 14.9. The predicted octanol–water partition coefficient (Wildman–Crippen LogP) is 0.655. The fraction of sp³-hybridized carbons (Fsp3) is 0.500. The van der Waals surface area contributed by atoms with E-state index in [1.165, 1.54) is 25.3 Å². The van der Waals surface area contributed by atoms with E-state index >= 15 is 0 Å². The van der Waals surface area contributed by atoms with Crippen LogP contribution in [-0.4, -0.2) is 51.2 Å². The summed E-state index contributed by atoms with van der Waals surface area (Å²) in [7, 11) is -2.26. The van der Waals surface area contributed by atoms with E-state index in [2.05, 4.69) is 10.0 Å². The lowest BCUT2D eigenvalue weighted by atomic mass is 10.1. The molecule has 1 fully saturated rings. The number of benzene rings is 1. The number of methoxy groups -OCH3 is 1. The van der Waals surface area contributed by atoms with Gasteiger partial charge in [0.25, 0.3) is 5.91 Å². The van der Waals surface area contributed by atoms with Gasteiger partial charge < -0.3 is 15.2 Å². The first kappa shape index (κ1) is 19.4. The third-order valence-corrected chi connectivity index (χ3v) is 5.40. The highest BCUT2D eigenvalue weighted by molar-refractivity contribution is 7.89. The summed E-state index contributed by atoms with van der Waals surface area (Å²) in [6, 6.07) is 3.06. The van der Waals surface area contributed by atoms with Crippen LogP contribution >= 0.6 is 0 Å². The average Bonchev–Trinajstić information content (AvgIpc) is 3.34. The number of rotatable bonds is 9. The number of carboxylic acids is 1. The first-order chi connectivity index (χ1) is 11.7. The van der Waals surface area contributed by atoms with Gasteiger partial charge in [0, 0.05) is 31.7 Å². The Labute approximate surface area is 146 Å². The van der Waals surface area contributed by atoms with Crippen molar-refractivity contribution in [3.63, 3.8) is 0 Å². The normalized spacial score (nSPS) is 15.6. The van der Waals surface area contributed by atoms with Gasteiger partial charge in [-0.05, 0) is 37.5 Å². The van der Waals surface area contributed by atoms with Crippen molar-refractivity contribution in [1.82, 2.24) is 10.0 Å². The van der Waals surface area contributed by atoms with Crippen LogP contribution in [0.4, 0.5) is 0 Å². The molecule has 1 aromatic carbocycles. The van der Waals surface area contributed by atoms with Crippen molar-refractivity contribution in [2.45, 2.75) is 43.2 Å². The zero-order valence-electron chi connectivity index (χ0n) is 14.1. The molecule has 0 aliphatic heterocycles. The molecule has 1 amide bonds. The van der Waals surface area contributed by atoms with Crippen molar-refractivity contribution in [2.24, 2.45) is 0 Å². The Morgan fingerprint density at radius 2 is 2.04 bits per heavy atom. The molecule has 0 radical (unpaired) electrons. The van der Waals surface area contributed by atoms with Gasteiger partial charge in [0.1, 0.15) is 6.04 Å². The SMILES string of the molecule is COCCC(NC(=O)c1cc(S(=O)(=O)NC2CC2)ccc1C)C(=O)O. The number of carbonyl (C=O) groups is 2. The van der Waals surface area contributed by atoms with Gasteiger partial charge in [-0.2, -0.15) is 0 Å². The van der Waals surface area contributed by atoms with Crippen molar-refractivity contribution in [3.05, 3.63) is 29.3 Å². The van der Waals surface area contributed by atoms with Crippen LogP contribution in [0.25, 0.3) is 0 Å². The van der Waals surface area contributed by atoms with Crippen molar-refractivity contribution in [2.75, 3.05) is 13.7 Å². The number of nitrogens with one attached hydrogen (secondary N) is 2. The van der Waals surface area contributed by atoms with Crippen LogP contribution in [0.5, 0.6) is 0 Å². The molecule has 8 nitrogen and oxygen atoms in total. The van der Waals surface area contributed by atoms with Crippen LogP contribution < -0.4 is 10.0 Å². The van der Waals surface area contributed by atoms with E-state index in [0.717, 1.165) is 12.8 Å². The van der Waals surface area contributed by atoms with Gasteiger partial charge >= 0.3 is 5.97 Å². The number of amides is 1. The largest absolute Gasteiger partial charge is 0.480 e. The topological polar surface area (TPSA) is 122 Å². The Morgan fingerprint density at radius 3 is 2.60 bits per heavy atom. The summed E-state index contributed by atoms with van der Waals surface area (Å²) in [6.07, 6.45) is 1.72. The van der Waals surface area contributed by atoms with Gasteiger partial charge in [-0.25, -0.2) is 17.9 Å². The van der Waals surface area contributed by atoms with Crippen LogP contribution in [0, 0.1) is 6.92 Å². The summed E-state index contributed by atoms with van der Waals surface area (Å²) in [5, 5.41) is 11.6. The summed E-state index contributed by atoms with van der Waals surface area (Å²) in [5.74, 6) is -1.81. The lowest BCUT2D eigenvalue weighted by Crippen LogP contribution is -2.41. The molecule has 0 saturated heterocycles. The molecule has 1 aromatic rings. The smallest absolute Gasteiger partial charge is 0.326 e. The molecule has 1 saturated carbocycles. The number of ether oxygens (including phenoxy) is 1. The molecule has 3 N–H and O–H groups in total. The molecule has 0 aromatic heterocycles. The number of aryl methyl sites for hydroxylation is 1. The minimum atomic E-state index is -3.70. The van der Waals surface area contributed by atoms with Gasteiger partial charge in [-0.15, -0.1) is 0 Å². The van der Waals surface area contributed by atoms with E-state index in [4.69, 9.17) is 4.74 Å². The second kappa shape index (κ2) is 7.94. The fourth-order valence-electron chi connectivity index (χ4n) is 2.23. The standard InChI is InChI=1S/C16H22N2O6S/c1-10-3-6-12(25(22,23)18-11-4-5-11)9-13(10)15(19)17-14(16(20)21)7-8-24-2/h3,6,9,11,14,18H,4-5,7-8H2,1-2H3,(H,17,19)(H,20,21). The van der Waals surface area contributed by atoms with Gasteiger partial charge in [0.2, 0.25) is 10.0 Å². The first-order valence-electron chi connectivity index (χ1n) is 7.90. The molecule has 1 unspecified atom stereocenters. The van der Waals surface area contributed by atoms with Gasteiger partial charge in [-0.1, -0.05) is 6.07 Å². The molecule has 0 bridgehead atoms. The molecule has 0 spiro atoms. The Balaban J connectivity index is 2.20. The predicted molar refractivity (Wildman–Crippen MR) is 89.9 cm³/mol. The second-order valence-electron chi connectivity index (χ2n) is 6.02. The Morgan fingerprint density at radius 1 is 1.36 bits per heavy atom. The monoisotopic (exact) mass is 370 g/mol. The molecular formula is C16H22N2O6S. The highest BCUT2D eigenvalue weighted by atomic mass is 32.2. The summed E-state index contributed by atoms with van der Waals surface area (Å²) >= 11 is 0. The van der Waals surface area contributed by atoms with Crippen LogP contribution in [0.1, 0.15) is 35.2 Å². The average molecular weight is 370 g/mol. The molecule has 138 valence electrons. The van der Waals surface area contributed by atoms with E-state index in [-0.39, 0.29) is 29.5 Å². The molecule has 1 aliphatic rings. The van der Waals surface area contributed by atoms with Gasteiger partial charge in [0.15, 0.2) is 0 Å². The lowest BCUT2D eigenvalue weighted by molar-refractivity contribution is -0.139. The lowest BCUT2D eigenvalue weighted by Gasteiger charge is -2.16. The maximum Gasteiger partial charge on any atom is 0.326 e. The third-order valence-electron chi connectivity index (χ3n) is 3.88. The quantitative estimate of drug-likeness (QED) is 0.587. The Bertz CT molecular complexity index is 758. The minimum absolute atomic E-state index is 0.0149. The van der Waals surface area contributed by atoms with Gasteiger partial charge in [0.05, 0.1) is 4.90 Å². The molecule has 9 heteroatoms. The molecule has 1 atom stereocenters. The summed E-state index contributed by atoms with van der Waals surface area (Å²) in [5.41, 5.74) is 0.682. The van der Waals surface area contributed by atoms with Crippen molar-refractivity contribution in [3.8, 4) is 0 Å². The van der Waals surface area contributed by atoms with E-state index in [9.17, 15) is 23.1 Å². The number of carboxylic acid groups (broad SMARTS) is 1. The number of sulfonamides is 1. The molecule has 1 aliphatic carbocycles. The van der Waals surface area contributed by atoms with E-state index in [1.807, 2.05) is 0 Å². The molecule has 0 heterocycles. The third kappa shape index (κ3) is 5.25. The van der Waals surface area contributed by atoms with Crippen molar-refractivity contribution in [1.29, 1.82) is 0 Å². The maximum atomic E-state index is 12.4. The van der Waals surface area contributed by atoms with E-state index in [0.29, 0.717) is 5.56 Å². The van der Waals surface area contributed by atoms with E-state index < -0.39 is 27.9 Å². The van der Waals surface area contributed by atoms with Crippen molar-refractivity contribution >= 4 is 21.9 Å². The molecular weight excluding hydrogens is 348 g/mol.